The van der Waals surface area contributed by atoms with Gasteiger partial charge in [-0.1, -0.05) is 12.1 Å². The summed E-state index contributed by atoms with van der Waals surface area (Å²) >= 11 is 0. The van der Waals surface area contributed by atoms with Crippen molar-refractivity contribution in [3.05, 3.63) is 35.1 Å². The van der Waals surface area contributed by atoms with E-state index in [0.717, 1.165) is 6.07 Å². The maximum Gasteiger partial charge on any atom is 0.264 e. The van der Waals surface area contributed by atoms with E-state index in [-0.39, 0.29) is 5.56 Å². The predicted octanol–water partition coefficient (Wildman–Crippen LogP) is 2.27. The van der Waals surface area contributed by atoms with E-state index in [1.165, 1.54) is 12.1 Å². The molecule has 78 valence electrons. The second-order valence-corrected chi connectivity index (χ2v) is 3.32. The van der Waals surface area contributed by atoms with Crippen molar-refractivity contribution in [3.63, 3.8) is 0 Å². The fourth-order valence-corrected chi connectivity index (χ4v) is 1.12. The van der Waals surface area contributed by atoms with Gasteiger partial charge in [0.1, 0.15) is 5.82 Å². The molecule has 1 rings (SSSR count). The monoisotopic (exact) mass is 203 g/mol. The summed E-state index contributed by atoms with van der Waals surface area (Å²) in [6.07, 6.45) is -0.513. The van der Waals surface area contributed by atoms with Crippen molar-refractivity contribution in [3.8, 4) is 0 Å². The zero-order valence-corrected chi connectivity index (χ0v) is 7.86. The van der Waals surface area contributed by atoms with Crippen LogP contribution in [-0.2, 0) is 6.42 Å². The van der Waals surface area contributed by atoms with Crippen LogP contribution in [0.15, 0.2) is 18.2 Å². The fourth-order valence-electron chi connectivity index (χ4n) is 1.12. The molecule has 1 nitrogen and oxygen atoms in total. The van der Waals surface area contributed by atoms with Crippen LogP contribution in [0.1, 0.15) is 11.1 Å². The molecule has 1 aromatic carbocycles. The normalized spacial score (nSPS) is 11.8. The highest BCUT2D eigenvalue weighted by Gasteiger charge is 2.27. The third kappa shape index (κ3) is 2.73. The van der Waals surface area contributed by atoms with Gasteiger partial charge in [0.2, 0.25) is 0 Å². The van der Waals surface area contributed by atoms with E-state index in [0.29, 0.717) is 5.56 Å². The number of alkyl halides is 2. The number of hydrogen-bond donors (Lipinski definition) is 1. The van der Waals surface area contributed by atoms with Crippen LogP contribution in [0.3, 0.4) is 0 Å². The number of hydrogen-bond acceptors (Lipinski definition) is 1. The van der Waals surface area contributed by atoms with Crippen LogP contribution < -0.4 is 5.73 Å². The Morgan fingerprint density at radius 3 is 2.50 bits per heavy atom. The lowest BCUT2D eigenvalue weighted by Crippen LogP contribution is -2.30. The molecule has 14 heavy (non-hydrogen) atoms. The summed E-state index contributed by atoms with van der Waals surface area (Å²) in [5.74, 6) is -3.42. The molecule has 0 aliphatic carbocycles. The van der Waals surface area contributed by atoms with E-state index < -0.39 is 24.7 Å². The third-order valence-corrected chi connectivity index (χ3v) is 2.00. The van der Waals surface area contributed by atoms with Crippen molar-refractivity contribution in [1.82, 2.24) is 0 Å². The second kappa shape index (κ2) is 4.00. The van der Waals surface area contributed by atoms with E-state index in [1.54, 1.807) is 6.92 Å². The van der Waals surface area contributed by atoms with E-state index in [2.05, 4.69) is 0 Å². The molecule has 1 aromatic rings. The molecular formula is C10H12F3N. The maximum absolute atomic E-state index is 13.0. The summed E-state index contributed by atoms with van der Waals surface area (Å²) < 4.78 is 38.6. The van der Waals surface area contributed by atoms with Crippen molar-refractivity contribution < 1.29 is 13.2 Å². The Morgan fingerprint density at radius 1 is 1.36 bits per heavy atom. The minimum absolute atomic E-state index is 0.267. The number of rotatable bonds is 3. The van der Waals surface area contributed by atoms with Gasteiger partial charge >= 0.3 is 0 Å². The smallest absolute Gasteiger partial charge is 0.264 e. The molecular weight excluding hydrogens is 191 g/mol. The minimum Gasteiger partial charge on any atom is -0.325 e. The Kier molecular flexibility index (Phi) is 3.16. The molecule has 0 aromatic heterocycles. The van der Waals surface area contributed by atoms with Gasteiger partial charge in [0.25, 0.3) is 5.92 Å². The first-order chi connectivity index (χ1) is 6.44. The van der Waals surface area contributed by atoms with E-state index in [1.807, 2.05) is 0 Å². The highest BCUT2D eigenvalue weighted by Crippen LogP contribution is 2.20. The average molecular weight is 203 g/mol. The van der Waals surface area contributed by atoms with Crippen molar-refractivity contribution in [1.29, 1.82) is 0 Å². The first kappa shape index (κ1) is 11.0. The molecule has 0 bridgehead atoms. The van der Waals surface area contributed by atoms with Gasteiger partial charge in [0.05, 0.1) is 6.54 Å². The highest BCUT2D eigenvalue weighted by molar-refractivity contribution is 5.24. The van der Waals surface area contributed by atoms with Crippen molar-refractivity contribution in [2.45, 2.75) is 19.3 Å². The molecule has 0 aliphatic heterocycles. The van der Waals surface area contributed by atoms with Gasteiger partial charge in [-0.2, -0.15) is 0 Å². The molecule has 0 saturated heterocycles. The van der Waals surface area contributed by atoms with Crippen LogP contribution in [0, 0.1) is 12.7 Å². The van der Waals surface area contributed by atoms with Gasteiger partial charge in [-0.25, -0.2) is 13.2 Å². The van der Waals surface area contributed by atoms with Gasteiger partial charge in [-0.3, -0.25) is 0 Å². The summed E-state index contributed by atoms with van der Waals surface area (Å²) in [4.78, 5) is 0. The molecule has 4 heteroatoms. The van der Waals surface area contributed by atoms with Gasteiger partial charge in [-0.15, -0.1) is 0 Å². The molecule has 0 saturated carbocycles. The summed E-state index contributed by atoms with van der Waals surface area (Å²) in [5, 5.41) is 0. The van der Waals surface area contributed by atoms with Crippen LogP contribution in [0.5, 0.6) is 0 Å². The Balaban J connectivity index is 2.83. The largest absolute Gasteiger partial charge is 0.325 e. The SMILES string of the molecule is Cc1ccc(CC(F)(F)CN)cc1F. The molecule has 0 spiro atoms. The third-order valence-electron chi connectivity index (χ3n) is 2.00. The second-order valence-electron chi connectivity index (χ2n) is 3.32. The van der Waals surface area contributed by atoms with Crippen molar-refractivity contribution in [2.75, 3.05) is 6.54 Å². The summed E-state index contributed by atoms with van der Waals surface area (Å²) in [6, 6.07) is 4.10. The number of benzene rings is 1. The lowest BCUT2D eigenvalue weighted by Gasteiger charge is -2.13. The molecule has 0 unspecified atom stereocenters. The molecule has 0 radical (unpaired) electrons. The first-order valence-corrected chi connectivity index (χ1v) is 4.27. The van der Waals surface area contributed by atoms with Gasteiger partial charge in [-0.05, 0) is 24.1 Å². The number of halogens is 3. The quantitative estimate of drug-likeness (QED) is 0.801. The lowest BCUT2D eigenvalue weighted by atomic mass is 10.1. The predicted molar refractivity (Wildman–Crippen MR) is 48.8 cm³/mol. The van der Waals surface area contributed by atoms with Crippen molar-refractivity contribution in [2.24, 2.45) is 5.73 Å². The topological polar surface area (TPSA) is 26.0 Å². The van der Waals surface area contributed by atoms with E-state index in [4.69, 9.17) is 5.73 Å². The number of aryl methyl sites for hydroxylation is 1. The molecule has 2 N–H and O–H groups in total. The van der Waals surface area contributed by atoms with Crippen molar-refractivity contribution >= 4 is 0 Å². The van der Waals surface area contributed by atoms with Gasteiger partial charge in [0.15, 0.2) is 0 Å². The summed E-state index contributed by atoms with van der Waals surface area (Å²) in [5.41, 5.74) is 5.59. The molecule has 0 atom stereocenters. The van der Waals surface area contributed by atoms with Crippen LogP contribution >= 0.6 is 0 Å². The Morgan fingerprint density at radius 2 is 2.00 bits per heavy atom. The zero-order chi connectivity index (χ0) is 10.8. The van der Waals surface area contributed by atoms with Gasteiger partial charge < -0.3 is 5.73 Å². The zero-order valence-electron chi connectivity index (χ0n) is 7.86. The minimum atomic E-state index is -2.96. The summed E-state index contributed by atoms with van der Waals surface area (Å²) in [6.45, 7) is 0.864. The van der Waals surface area contributed by atoms with E-state index in [9.17, 15) is 13.2 Å². The number of nitrogens with two attached hydrogens (primary N) is 1. The first-order valence-electron chi connectivity index (χ1n) is 4.27. The molecule has 0 fully saturated rings. The fraction of sp³-hybridized carbons (Fsp3) is 0.400. The van der Waals surface area contributed by atoms with Crippen LogP contribution in [0.25, 0.3) is 0 Å². The standard InChI is InChI=1S/C10H12F3N/c1-7-2-3-8(4-9(7)11)5-10(12,13)6-14/h2-4H,5-6,14H2,1H3. The lowest BCUT2D eigenvalue weighted by molar-refractivity contribution is 0.0114. The van der Waals surface area contributed by atoms with Crippen LogP contribution in [0.4, 0.5) is 13.2 Å². The van der Waals surface area contributed by atoms with Gasteiger partial charge in [0, 0.05) is 6.42 Å². The van der Waals surface area contributed by atoms with E-state index >= 15 is 0 Å². The van der Waals surface area contributed by atoms with Crippen LogP contribution in [-0.4, -0.2) is 12.5 Å². The van der Waals surface area contributed by atoms with Crippen LogP contribution in [0.2, 0.25) is 0 Å². The highest BCUT2D eigenvalue weighted by atomic mass is 19.3. The Bertz CT molecular complexity index is 323. The Labute approximate surface area is 80.7 Å². The molecule has 0 heterocycles. The summed E-state index contributed by atoms with van der Waals surface area (Å²) in [7, 11) is 0. The maximum atomic E-state index is 13.0. The molecule has 0 aliphatic rings. The molecule has 0 amide bonds. The Hall–Kier alpha value is -1.03. The average Bonchev–Trinajstić information content (AvgIpc) is 2.11.